The molecule has 1 unspecified atom stereocenters. The highest BCUT2D eigenvalue weighted by atomic mass is 19.1. The zero-order chi connectivity index (χ0) is 16.5. The van der Waals surface area contributed by atoms with Crippen LogP contribution in [0.4, 0.5) is 15.9 Å². The maximum atomic E-state index is 13.9. The highest BCUT2D eigenvalue weighted by molar-refractivity contribution is 5.61. The number of hydrogen-bond acceptors (Lipinski definition) is 5. The van der Waals surface area contributed by atoms with Gasteiger partial charge in [-0.05, 0) is 37.5 Å². The largest absolute Gasteiger partial charge is 0.368 e. The first-order valence-corrected chi connectivity index (χ1v) is 8.26. The van der Waals surface area contributed by atoms with E-state index in [0.717, 1.165) is 25.3 Å². The lowest BCUT2D eigenvalue weighted by molar-refractivity contribution is 0.620. The van der Waals surface area contributed by atoms with Crippen LogP contribution in [0.2, 0.25) is 0 Å². The molecule has 1 aromatic heterocycles. The van der Waals surface area contributed by atoms with Crippen LogP contribution < -0.4 is 9.80 Å². The predicted molar refractivity (Wildman–Crippen MR) is 89.3 cm³/mol. The first kappa shape index (κ1) is 14.9. The van der Waals surface area contributed by atoms with E-state index >= 15 is 0 Å². The summed E-state index contributed by atoms with van der Waals surface area (Å²) in [5.74, 6) is 0.507. The van der Waals surface area contributed by atoms with Crippen molar-refractivity contribution >= 4 is 11.5 Å². The van der Waals surface area contributed by atoms with E-state index in [-0.39, 0.29) is 5.56 Å². The number of benzene rings is 1. The summed E-state index contributed by atoms with van der Waals surface area (Å²) < 4.78 is 13.9. The molecule has 1 aliphatic carbocycles. The van der Waals surface area contributed by atoms with Gasteiger partial charge in [-0.2, -0.15) is 5.26 Å². The lowest BCUT2D eigenvalue weighted by Crippen LogP contribution is -2.40. The molecule has 2 aromatic rings. The molecule has 4 rings (SSSR count). The van der Waals surface area contributed by atoms with E-state index in [2.05, 4.69) is 19.8 Å². The summed E-state index contributed by atoms with van der Waals surface area (Å²) in [5.41, 5.74) is 0.830. The van der Waals surface area contributed by atoms with Gasteiger partial charge in [0.25, 0.3) is 0 Å². The fraction of sp³-hybridized carbons (Fsp3) is 0.389. The fourth-order valence-corrected chi connectivity index (χ4v) is 3.54. The van der Waals surface area contributed by atoms with Crippen LogP contribution in [0.5, 0.6) is 0 Å². The molecule has 122 valence electrons. The topological polar surface area (TPSA) is 56.1 Å². The average molecular weight is 323 g/mol. The van der Waals surface area contributed by atoms with Gasteiger partial charge in [0.1, 0.15) is 29.6 Å². The van der Waals surface area contributed by atoms with Gasteiger partial charge in [0.05, 0.1) is 5.69 Å². The Morgan fingerprint density at radius 3 is 2.79 bits per heavy atom. The monoisotopic (exact) mass is 323 g/mol. The average Bonchev–Trinajstić information content (AvgIpc) is 3.32. The van der Waals surface area contributed by atoms with E-state index in [1.165, 1.54) is 18.9 Å². The van der Waals surface area contributed by atoms with Gasteiger partial charge < -0.3 is 9.80 Å². The zero-order valence-electron chi connectivity index (χ0n) is 13.3. The molecular weight excluding hydrogens is 305 g/mol. The molecule has 0 radical (unpaired) electrons. The minimum Gasteiger partial charge on any atom is -0.368 e. The maximum absolute atomic E-state index is 13.9. The highest BCUT2D eigenvalue weighted by Gasteiger charge is 2.38. The first-order chi connectivity index (χ1) is 11.8. The zero-order valence-corrected chi connectivity index (χ0v) is 13.3. The summed E-state index contributed by atoms with van der Waals surface area (Å²) >= 11 is 0. The third-order valence-corrected chi connectivity index (χ3v) is 4.77. The Morgan fingerprint density at radius 2 is 2.08 bits per heavy atom. The lowest BCUT2D eigenvalue weighted by atomic mass is 10.1. The van der Waals surface area contributed by atoms with Crippen molar-refractivity contribution in [1.29, 1.82) is 5.26 Å². The summed E-state index contributed by atoms with van der Waals surface area (Å²) in [6.07, 6.45) is 6.69. The van der Waals surface area contributed by atoms with E-state index in [4.69, 9.17) is 0 Å². The van der Waals surface area contributed by atoms with Crippen molar-refractivity contribution in [2.75, 3.05) is 22.9 Å². The number of aromatic nitrogens is 2. The second-order valence-corrected chi connectivity index (χ2v) is 6.34. The van der Waals surface area contributed by atoms with Crippen LogP contribution in [0.15, 0.2) is 36.8 Å². The van der Waals surface area contributed by atoms with Gasteiger partial charge in [0, 0.05) is 31.4 Å². The summed E-state index contributed by atoms with van der Waals surface area (Å²) in [4.78, 5) is 12.9. The highest BCUT2D eigenvalue weighted by Crippen LogP contribution is 2.36. The van der Waals surface area contributed by atoms with Crippen LogP contribution in [0, 0.1) is 17.1 Å². The van der Waals surface area contributed by atoms with Crippen molar-refractivity contribution in [3.8, 4) is 6.07 Å². The molecule has 0 spiro atoms. The quantitative estimate of drug-likeness (QED) is 0.866. The van der Waals surface area contributed by atoms with Crippen LogP contribution in [0.1, 0.15) is 24.8 Å². The van der Waals surface area contributed by atoms with E-state index in [9.17, 15) is 9.65 Å². The molecule has 1 saturated carbocycles. The number of rotatable bonds is 4. The number of hydrogen-bond donors (Lipinski definition) is 0. The Morgan fingerprint density at radius 1 is 1.21 bits per heavy atom. The minimum absolute atomic E-state index is 0.137. The molecule has 2 heterocycles. The van der Waals surface area contributed by atoms with E-state index < -0.39 is 5.82 Å². The fourth-order valence-electron chi connectivity index (χ4n) is 3.54. The molecular formula is C18H18FN5. The Kier molecular flexibility index (Phi) is 3.77. The third kappa shape index (κ3) is 2.67. The van der Waals surface area contributed by atoms with Gasteiger partial charge >= 0.3 is 0 Å². The standard InChI is InChI=1S/C18H18FN5/c19-16-2-1-3-17(15(16)10-20)23-9-7-14(11-23)24(13-4-5-13)18-6-8-21-12-22-18/h1-3,6,8,12-14H,4-5,7,9,11H2. The Balaban J connectivity index is 1.58. The molecule has 0 amide bonds. The number of halogens is 1. The molecule has 1 aliphatic heterocycles. The third-order valence-electron chi connectivity index (χ3n) is 4.77. The van der Waals surface area contributed by atoms with Gasteiger partial charge in [-0.3, -0.25) is 0 Å². The van der Waals surface area contributed by atoms with Crippen molar-refractivity contribution in [2.45, 2.75) is 31.3 Å². The van der Waals surface area contributed by atoms with Crippen molar-refractivity contribution in [2.24, 2.45) is 0 Å². The van der Waals surface area contributed by atoms with E-state index in [1.807, 2.05) is 18.2 Å². The minimum atomic E-state index is -0.451. The second-order valence-electron chi connectivity index (χ2n) is 6.34. The normalized spacial score (nSPS) is 20.0. The van der Waals surface area contributed by atoms with Crippen LogP contribution in [-0.2, 0) is 0 Å². The second kappa shape index (κ2) is 6.08. The van der Waals surface area contributed by atoms with Gasteiger partial charge in [0.15, 0.2) is 0 Å². The van der Waals surface area contributed by atoms with Crippen LogP contribution >= 0.6 is 0 Å². The molecule has 2 aliphatic rings. The van der Waals surface area contributed by atoms with Crippen molar-refractivity contribution in [1.82, 2.24) is 9.97 Å². The van der Waals surface area contributed by atoms with Gasteiger partial charge in [0.2, 0.25) is 0 Å². The molecule has 1 atom stereocenters. The maximum Gasteiger partial charge on any atom is 0.143 e. The Labute approximate surface area is 140 Å². The Bertz CT molecular complexity index is 769. The van der Waals surface area contributed by atoms with Crippen molar-refractivity contribution in [3.63, 3.8) is 0 Å². The molecule has 0 N–H and O–H groups in total. The van der Waals surface area contributed by atoms with Crippen molar-refractivity contribution < 1.29 is 4.39 Å². The SMILES string of the molecule is N#Cc1c(F)cccc1N1CCC(N(c2ccncn2)C2CC2)C1. The summed E-state index contributed by atoms with van der Waals surface area (Å²) in [6.45, 7) is 1.59. The first-order valence-electron chi connectivity index (χ1n) is 8.26. The van der Waals surface area contributed by atoms with Gasteiger partial charge in [-0.25, -0.2) is 14.4 Å². The molecule has 5 nitrogen and oxygen atoms in total. The van der Waals surface area contributed by atoms with E-state index in [0.29, 0.717) is 17.8 Å². The summed E-state index contributed by atoms with van der Waals surface area (Å²) in [6, 6.07) is 9.64. The van der Waals surface area contributed by atoms with Crippen LogP contribution in [0.25, 0.3) is 0 Å². The molecule has 6 heteroatoms. The van der Waals surface area contributed by atoms with Crippen LogP contribution in [0.3, 0.4) is 0 Å². The Hall–Kier alpha value is -2.68. The van der Waals surface area contributed by atoms with E-state index in [1.54, 1.807) is 18.6 Å². The number of nitrogens with zero attached hydrogens (tertiary/aromatic N) is 5. The number of anilines is 2. The molecule has 2 fully saturated rings. The lowest BCUT2D eigenvalue weighted by Gasteiger charge is -2.30. The predicted octanol–water partition coefficient (Wildman–Crippen LogP) is 2.74. The molecule has 1 saturated heterocycles. The smallest absolute Gasteiger partial charge is 0.143 e. The molecule has 1 aromatic carbocycles. The van der Waals surface area contributed by atoms with Crippen molar-refractivity contribution in [3.05, 3.63) is 48.2 Å². The summed E-state index contributed by atoms with van der Waals surface area (Å²) in [5, 5.41) is 9.27. The molecule has 0 bridgehead atoms. The van der Waals surface area contributed by atoms with Crippen LogP contribution in [-0.4, -0.2) is 35.1 Å². The van der Waals surface area contributed by atoms with Gasteiger partial charge in [-0.15, -0.1) is 0 Å². The van der Waals surface area contributed by atoms with Gasteiger partial charge in [-0.1, -0.05) is 6.07 Å². The summed E-state index contributed by atoms with van der Waals surface area (Å²) in [7, 11) is 0. The number of nitriles is 1. The molecule has 24 heavy (non-hydrogen) atoms.